The number of carbonyl (C=O) groups is 2. The third-order valence-corrected chi connectivity index (χ3v) is 5.22. The number of likely N-dealkylation sites (N-methyl/N-ethyl adjacent to an activating group) is 2. The normalized spacial score (nSPS) is 14.7. The Morgan fingerprint density at radius 1 is 1.42 bits per heavy atom. The van der Waals surface area contributed by atoms with Crippen molar-refractivity contribution in [3.05, 3.63) is 34.2 Å². The minimum atomic E-state index is 0.0571. The van der Waals surface area contributed by atoms with Gasteiger partial charge in [-0.25, -0.2) is 4.98 Å². The Kier molecular flexibility index (Phi) is 5.38. The molecule has 26 heavy (non-hydrogen) atoms. The lowest BCUT2D eigenvalue weighted by atomic mass is 10.1. The maximum atomic E-state index is 11.9. The molecule has 0 aliphatic carbocycles. The number of rotatable bonds is 6. The van der Waals surface area contributed by atoms with E-state index in [1.807, 2.05) is 45.5 Å². The van der Waals surface area contributed by atoms with E-state index >= 15 is 0 Å². The average molecular weight is 374 g/mol. The molecule has 1 aromatic heterocycles. The molecule has 2 heterocycles. The molecule has 1 unspecified atom stereocenters. The van der Waals surface area contributed by atoms with Crippen LogP contribution >= 0.6 is 11.3 Å². The molecular formula is C19H25N4O2S+. The molecule has 1 aliphatic rings. The van der Waals surface area contributed by atoms with E-state index in [1.54, 1.807) is 16.2 Å². The van der Waals surface area contributed by atoms with E-state index in [0.29, 0.717) is 19.5 Å². The number of aromatic nitrogens is 1. The number of hydrogen-bond acceptors (Lipinski definition) is 4. The van der Waals surface area contributed by atoms with Crippen molar-refractivity contribution < 1.29 is 14.5 Å². The van der Waals surface area contributed by atoms with Crippen LogP contribution in [0.2, 0.25) is 0 Å². The second kappa shape index (κ2) is 7.55. The Morgan fingerprint density at radius 3 is 2.92 bits per heavy atom. The molecule has 2 N–H and O–H groups in total. The topological polar surface area (TPSA) is 66.7 Å². The van der Waals surface area contributed by atoms with Crippen LogP contribution in [0, 0.1) is 0 Å². The summed E-state index contributed by atoms with van der Waals surface area (Å²) in [5.41, 5.74) is 3.99. The number of fused-ring (bicyclic) bond motifs is 1. The van der Waals surface area contributed by atoms with Crippen LogP contribution < -0.4 is 15.1 Å². The van der Waals surface area contributed by atoms with Gasteiger partial charge in [0, 0.05) is 29.7 Å². The highest BCUT2D eigenvalue weighted by molar-refractivity contribution is 7.09. The Bertz CT molecular complexity index is 831. The van der Waals surface area contributed by atoms with Crippen molar-refractivity contribution in [3.63, 3.8) is 0 Å². The van der Waals surface area contributed by atoms with E-state index < -0.39 is 0 Å². The maximum Gasteiger partial charge on any atom is 0.275 e. The van der Waals surface area contributed by atoms with Crippen molar-refractivity contribution >= 4 is 28.8 Å². The zero-order valence-corrected chi connectivity index (χ0v) is 16.4. The van der Waals surface area contributed by atoms with Gasteiger partial charge in [-0.15, -0.1) is 11.3 Å². The predicted molar refractivity (Wildman–Crippen MR) is 103 cm³/mol. The summed E-state index contributed by atoms with van der Waals surface area (Å²) in [5.74, 6) is 0.183. The molecule has 7 heteroatoms. The minimum Gasteiger partial charge on any atom is -0.349 e. The molecule has 1 aromatic carbocycles. The van der Waals surface area contributed by atoms with Crippen molar-refractivity contribution in [2.45, 2.75) is 32.9 Å². The van der Waals surface area contributed by atoms with Crippen LogP contribution in [0.25, 0.3) is 11.3 Å². The van der Waals surface area contributed by atoms with Gasteiger partial charge in [0.15, 0.2) is 6.54 Å². The van der Waals surface area contributed by atoms with Gasteiger partial charge in [-0.1, -0.05) is 6.07 Å². The molecule has 0 saturated heterocycles. The van der Waals surface area contributed by atoms with Crippen LogP contribution in [0.4, 0.5) is 5.69 Å². The minimum absolute atomic E-state index is 0.0571. The fourth-order valence-electron chi connectivity index (χ4n) is 3.12. The van der Waals surface area contributed by atoms with Crippen LogP contribution in [0.15, 0.2) is 23.6 Å². The monoisotopic (exact) mass is 373 g/mol. The molecule has 0 spiro atoms. The summed E-state index contributed by atoms with van der Waals surface area (Å²) in [6.07, 6.45) is 0.453. The predicted octanol–water partition coefficient (Wildman–Crippen LogP) is 0.868. The summed E-state index contributed by atoms with van der Waals surface area (Å²) in [7, 11) is 3.81. The summed E-state index contributed by atoms with van der Waals surface area (Å²) in [4.78, 5) is 31.2. The fraction of sp³-hybridized carbons (Fsp3) is 0.421. The highest BCUT2D eigenvalue weighted by Crippen LogP contribution is 2.32. The molecule has 2 amide bonds. The van der Waals surface area contributed by atoms with Gasteiger partial charge >= 0.3 is 0 Å². The van der Waals surface area contributed by atoms with E-state index in [0.717, 1.165) is 32.4 Å². The van der Waals surface area contributed by atoms with Gasteiger partial charge in [0.1, 0.15) is 11.6 Å². The van der Waals surface area contributed by atoms with E-state index in [2.05, 4.69) is 11.4 Å². The van der Waals surface area contributed by atoms with Crippen LogP contribution in [-0.2, 0) is 22.6 Å². The molecule has 2 aromatic rings. The van der Waals surface area contributed by atoms with E-state index in [9.17, 15) is 9.59 Å². The molecule has 138 valence electrons. The maximum absolute atomic E-state index is 11.9. The Labute approximate surface area is 157 Å². The molecule has 0 radical (unpaired) electrons. The average Bonchev–Trinajstić information content (AvgIpc) is 3.11. The summed E-state index contributed by atoms with van der Waals surface area (Å²) in [6, 6.07) is 6.22. The summed E-state index contributed by atoms with van der Waals surface area (Å²) in [6.45, 7) is 5.06. The van der Waals surface area contributed by atoms with Crippen LogP contribution in [-0.4, -0.2) is 43.5 Å². The molecule has 1 atom stereocenters. The Hall–Kier alpha value is -2.25. The van der Waals surface area contributed by atoms with Crippen LogP contribution in [0.5, 0.6) is 0 Å². The summed E-state index contributed by atoms with van der Waals surface area (Å²) in [5, 5.41) is 5.96. The number of nitrogens with one attached hydrogen (secondary N) is 2. The lowest BCUT2D eigenvalue weighted by Gasteiger charge is -2.13. The quantitative estimate of drug-likeness (QED) is 0.790. The molecule has 3 rings (SSSR count). The first kappa shape index (κ1) is 18.5. The van der Waals surface area contributed by atoms with Crippen LogP contribution in [0.1, 0.15) is 24.4 Å². The van der Waals surface area contributed by atoms with Gasteiger partial charge in [-0.2, -0.15) is 0 Å². The molecule has 0 fully saturated rings. The van der Waals surface area contributed by atoms with E-state index in [4.69, 9.17) is 4.98 Å². The van der Waals surface area contributed by atoms with Crippen molar-refractivity contribution in [1.29, 1.82) is 0 Å². The first-order valence-corrected chi connectivity index (χ1v) is 9.66. The van der Waals surface area contributed by atoms with Gasteiger partial charge in [-0.3, -0.25) is 9.59 Å². The van der Waals surface area contributed by atoms with Crippen molar-refractivity contribution in [2.24, 2.45) is 0 Å². The highest BCUT2D eigenvalue weighted by atomic mass is 32.1. The van der Waals surface area contributed by atoms with Crippen molar-refractivity contribution in [2.75, 3.05) is 25.5 Å². The van der Waals surface area contributed by atoms with Gasteiger partial charge < -0.3 is 15.1 Å². The standard InChI is InChI=1S/C19H24N4O2S/c1-12(2)20-17(24)9-22(3)10-18-21-15(11-26-18)13-5-6-16-14(7-13)8-19(25)23(16)4/h5-7,11-12H,8-10H2,1-4H3,(H,20,24)/p+1. The lowest BCUT2D eigenvalue weighted by molar-refractivity contribution is -0.885. The van der Waals surface area contributed by atoms with Crippen molar-refractivity contribution in [1.82, 2.24) is 10.3 Å². The van der Waals surface area contributed by atoms with Gasteiger partial charge in [0.2, 0.25) is 5.91 Å². The number of thiazole rings is 1. The van der Waals surface area contributed by atoms with Gasteiger partial charge in [0.25, 0.3) is 5.91 Å². The summed E-state index contributed by atoms with van der Waals surface area (Å²) >= 11 is 1.61. The number of nitrogens with zero attached hydrogens (tertiary/aromatic N) is 2. The Balaban J connectivity index is 1.66. The molecule has 1 aliphatic heterocycles. The summed E-state index contributed by atoms with van der Waals surface area (Å²) < 4.78 is 0. The number of benzene rings is 1. The van der Waals surface area contributed by atoms with E-state index in [-0.39, 0.29) is 17.9 Å². The van der Waals surface area contributed by atoms with Crippen molar-refractivity contribution in [3.8, 4) is 11.3 Å². The highest BCUT2D eigenvalue weighted by Gasteiger charge is 2.24. The third-order valence-electron chi connectivity index (χ3n) is 4.37. The number of quaternary nitrogens is 1. The largest absolute Gasteiger partial charge is 0.349 e. The molecule has 6 nitrogen and oxygen atoms in total. The zero-order chi connectivity index (χ0) is 18.8. The van der Waals surface area contributed by atoms with E-state index in [1.165, 1.54) is 0 Å². The molecule has 0 bridgehead atoms. The smallest absolute Gasteiger partial charge is 0.275 e. The zero-order valence-electron chi connectivity index (χ0n) is 15.6. The third kappa shape index (κ3) is 4.11. The first-order valence-electron chi connectivity index (χ1n) is 8.78. The first-order chi connectivity index (χ1) is 12.3. The van der Waals surface area contributed by atoms with Crippen LogP contribution in [0.3, 0.4) is 0 Å². The lowest BCUT2D eigenvalue weighted by Crippen LogP contribution is -3.09. The number of carbonyl (C=O) groups excluding carboxylic acids is 2. The SMILES string of the molecule is CC(C)NC(=O)C[NH+](C)Cc1nc(-c2ccc3c(c2)CC(=O)N3C)cs1. The number of hydrogen-bond donors (Lipinski definition) is 2. The number of amides is 2. The number of anilines is 1. The van der Waals surface area contributed by atoms with Gasteiger partial charge in [0.05, 0.1) is 19.2 Å². The second-order valence-electron chi connectivity index (χ2n) is 7.13. The molecule has 0 saturated carbocycles. The second-order valence-corrected chi connectivity index (χ2v) is 8.08. The Morgan fingerprint density at radius 2 is 2.19 bits per heavy atom. The fourth-order valence-corrected chi connectivity index (χ4v) is 4.04. The van der Waals surface area contributed by atoms with Gasteiger partial charge in [-0.05, 0) is 31.5 Å². The molecular weight excluding hydrogens is 348 g/mol.